The second kappa shape index (κ2) is 7.39. The van der Waals surface area contributed by atoms with Crippen LogP contribution in [0.25, 0.3) is 21.2 Å². The SMILES string of the molecule is Cc1ccccc1C(=O)c1sc2cc(CO)ccc2c1-c1ccc(Br)cc1. The number of benzene rings is 3. The van der Waals surface area contributed by atoms with Crippen LogP contribution in [0.15, 0.2) is 71.2 Å². The van der Waals surface area contributed by atoms with Crippen molar-refractivity contribution in [1.82, 2.24) is 0 Å². The number of ketones is 1. The molecule has 0 bridgehead atoms. The van der Waals surface area contributed by atoms with Gasteiger partial charge in [0.15, 0.2) is 0 Å². The standard InChI is InChI=1S/C23H17BrO2S/c1-14-4-2-3-5-18(14)22(26)23-21(16-7-9-17(24)10-8-16)19-11-6-15(13-25)12-20(19)27-23/h2-12,25H,13H2,1H3. The Balaban J connectivity index is 1.98. The molecule has 0 atom stereocenters. The lowest BCUT2D eigenvalue weighted by atomic mass is 9.96. The zero-order valence-corrected chi connectivity index (χ0v) is 17.1. The minimum atomic E-state index is -0.0114. The summed E-state index contributed by atoms with van der Waals surface area (Å²) in [6.07, 6.45) is 0. The number of rotatable bonds is 4. The highest BCUT2D eigenvalue weighted by molar-refractivity contribution is 9.10. The summed E-state index contributed by atoms with van der Waals surface area (Å²) in [4.78, 5) is 14.1. The Labute approximate surface area is 170 Å². The topological polar surface area (TPSA) is 37.3 Å². The van der Waals surface area contributed by atoms with Crippen LogP contribution in [0, 0.1) is 6.92 Å². The summed E-state index contributed by atoms with van der Waals surface area (Å²) in [5, 5.41) is 10.5. The predicted molar refractivity (Wildman–Crippen MR) is 115 cm³/mol. The summed E-state index contributed by atoms with van der Waals surface area (Å²) in [7, 11) is 0. The number of halogens is 1. The summed E-state index contributed by atoms with van der Waals surface area (Å²) in [6, 6.07) is 21.6. The zero-order valence-electron chi connectivity index (χ0n) is 14.7. The third kappa shape index (κ3) is 3.36. The fraction of sp³-hybridized carbons (Fsp3) is 0.0870. The lowest BCUT2D eigenvalue weighted by molar-refractivity contribution is 0.104. The van der Waals surface area contributed by atoms with E-state index >= 15 is 0 Å². The molecular formula is C23H17BrO2S. The maximum Gasteiger partial charge on any atom is 0.203 e. The summed E-state index contributed by atoms with van der Waals surface area (Å²) in [5.74, 6) is 0.0396. The van der Waals surface area contributed by atoms with Gasteiger partial charge in [-0.1, -0.05) is 64.5 Å². The summed E-state index contributed by atoms with van der Waals surface area (Å²) in [6.45, 7) is 1.95. The lowest BCUT2D eigenvalue weighted by Crippen LogP contribution is -2.02. The van der Waals surface area contributed by atoms with E-state index in [9.17, 15) is 9.90 Å². The zero-order chi connectivity index (χ0) is 19.0. The van der Waals surface area contributed by atoms with Gasteiger partial charge in [-0.05, 0) is 41.8 Å². The highest BCUT2D eigenvalue weighted by atomic mass is 79.9. The van der Waals surface area contributed by atoms with Gasteiger partial charge in [-0.2, -0.15) is 0 Å². The number of thiophene rings is 1. The Morgan fingerprint density at radius 2 is 1.78 bits per heavy atom. The minimum Gasteiger partial charge on any atom is -0.392 e. The first kappa shape index (κ1) is 18.1. The number of aliphatic hydroxyl groups is 1. The van der Waals surface area contributed by atoms with Crippen LogP contribution in [-0.2, 0) is 6.61 Å². The van der Waals surface area contributed by atoms with Crippen LogP contribution in [0.5, 0.6) is 0 Å². The van der Waals surface area contributed by atoms with Gasteiger partial charge in [0.1, 0.15) is 0 Å². The van der Waals surface area contributed by atoms with Gasteiger partial charge in [0, 0.05) is 25.7 Å². The molecule has 0 saturated carbocycles. The number of fused-ring (bicyclic) bond motifs is 1. The molecule has 1 heterocycles. The molecule has 0 amide bonds. The molecule has 1 aromatic heterocycles. The molecule has 1 N–H and O–H groups in total. The van der Waals surface area contributed by atoms with Gasteiger partial charge < -0.3 is 5.11 Å². The van der Waals surface area contributed by atoms with Crippen molar-refractivity contribution in [2.24, 2.45) is 0 Å². The van der Waals surface area contributed by atoms with Gasteiger partial charge in [0.05, 0.1) is 11.5 Å². The monoisotopic (exact) mass is 436 g/mol. The summed E-state index contributed by atoms with van der Waals surface area (Å²) < 4.78 is 2.01. The van der Waals surface area contributed by atoms with Crippen LogP contribution >= 0.6 is 27.3 Å². The fourth-order valence-corrected chi connectivity index (χ4v) is 4.76. The number of carbonyl (C=O) groups is 1. The molecule has 3 aromatic carbocycles. The summed E-state index contributed by atoms with van der Waals surface area (Å²) >= 11 is 4.97. The van der Waals surface area contributed by atoms with E-state index in [-0.39, 0.29) is 12.4 Å². The van der Waals surface area contributed by atoms with E-state index < -0.39 is 0 Å². The van der Waals surface area contributed by atoms with Crippen molar-refractivity contribution in [3.63, 3.8) is 0 Å². The van der Waals surface area contributed by atoms with Crippen molar-refractivity contribution in [2.75, 3.05) is 0 Å². The third-order valence-electron chi connectivity index (χ3n) is 4.67. The van der Waals surface area contributed by atoms with Crippen LogP contribution in [0.2, 0.25) is 0 Å². The van der Waals surface area contributed by atoms with Gasteiger partial charge in [0.25, 0.3) is 0 Å². The Morgan fingerprint density at radius 3 is 2.48 bits per heavy atom. The predicted octanol–water partition coefficient (Wildman–Crippen LogP) is 6.36. The van der Waals surface area contributed by atoms with Crippen LogP contribution in [-0.4, -0.2) is 10.9 Å². The minimum absolute atomic E-state index is 0.0114. The molecule has 4 aromatic rings. The molecule has 134 valence electrons. The maximum atomic E-state index is 13.4. The molecular weight excluding hydrogens is 420 g/mol. The molecule has 4 heteroatoms. The van der Waals surface area contributed by atoms with Crippen molar-refractivity contribution >= 4 is 43.1 Å². The second-order valence-electron chi connectivity index (χ2n) is 6.45. The number of aryl methyl sites for hydroxylation is 1. The quantitative estimate of drug-likeness (QED) is 0.377. The van der Waals surface area contributed by atoms with E-state index in [1.54, 1.807) is 0 Å². The number of carbonyl (C=O) groups excluding carboxylic acids is 1. The molecule has 0 fully saturated rings. The van der Waals surface area contributed by atoms with Crippen LogP contribution in [0.4, 0.5) is 0 Å². The molecule has 27 heavy (non-hydrogen) atoms. The fourth-order valence-electron chi connectivity index (χ4n) is 3.25. The van der Waals surface area contributed by atoms with Gasteiger partial charge in [-0.15, -0.1) is 11.3 Å². The van der Waals surface area contributed by atoms with E-state index in [0.717, 1.165) is 47.3 Å². The van der Waals surface area contributed by atoms with Crippen molar-refractivity contribution in [1.29, 1.82) is 0 Å². The Morgan fingerprint density at radius 1 is 1.04 bits per heavy atom. The first-order chi connectivity index (χ1) is 13.1. The maximum absolute atomic E-state index is 13.4. The molecule has 0 unspecified atom stereocenters. The van der Waals surface area contributed by atoms with Crippen molar-refractivity contribution in [3.05, 3.63) is 92.8 Å². The molecule has 0 aliphatic heterocycles. The van der Waals surface area contributed by atoms with Gasteiger partial charge >= 0.3 is 0 Å². The average Bonchev–Trinajstić information content (AvgIpc) is 3.07. The van der Waals surface area contributed by atoms with E-state index in [0.29, 0.717) is 0 Å². The molecule has 0 aliphatic carbocycles. The van der Waals surface area contributed by atoms with Gasteiger partial charge in [-0.3, -0.25) is 4.79 Å². The Hall–Kier alpha value is -2.27. The van der Waals surface area contributed by atoms with E-state index in [4.69, 9.17) is 0 Å². The van der Waals surface area contributed by atoms with Crippen molar-refractivity contribution in [2.45, 2.75) is 13.5 Å². The van der Waals surface area contributed by atoms with Crippen molar-refractivity contribution < 1.29 is 9.90 Å². The van der Waals surface area contributed by atoms with Gasteiger partial charge in [-0.25, -0.2) is 0 Å². The molecule has 0 spiro atoms. The molecule has 2 nitrogen and oxygen atoms in total. The highest BCUT2D eigenvalue weighted by Gasteiger charge is 2.22. The van der Waals surface area contributed by atoms with Crippen LogP contribution in [0.3, 0.4) is 0 Å². The van der Waals surface area contributed by atoms with E-state index in [1.165, 1.54) is 11.3 Å². The number of aliphatic hydroxyl groups excluding tert-OH is 1. The highest BCUT2D eigenvalue weighted by Crippen LogP contribution is 2.41. The van der Waals surface area contributed by atoms with E-state index in [2.05, 4.69) is 15.9 Å². The first-order valence-electron chi connectivity index (χ1n) is 8.61. The number of hydrogen-bond donors (Lipinski definition) is 1. The molecule has 0 radical (unpaired) electrons. The number of hydrogen-bond acceptors (Lipinski definition) is 3. The molecule has 0 saturated heterocycles. The smallest absolute Gasteiger partial charge is 0.203 e. The molecule has 0 aliphatic rings. The summed E-state index contributed by atoms with van der Waals surface area (Å²) in [5.41, 5.74) is 4.52. The van der Waals surface area contributed by atoms with E-state index in [1.807, 2.05) is 73.7 Å². The molecule has 4 rings (SSSR count). The first-order valence-corrected chi connectivity index (χ1v) is 10.2. The second-order valence-corrected chi connectivity index (χ2v) is 8.41. The van der Waals surface area contributed by atoms with Crippen molar-refractivity contribution in [3.8, 4) is 11.1 Å². The van der Waals surface area contributed by atoms with Crippen LogP contribution in [0.1, 0.15) is 26.4 Å². The largest absolute Gasteiger partial charge is 0.392 e. The normalized spacial score (nSPS) is 11.1. The van der Waals surface area contributed by atoms with Gasteiger partial charge in [0.2, 0.25) is 5.78 Å². The average molecular weight is 437 g/mol. The van der Waals surface area contributed by atoms with Crippen LogP contribution < -0.4 is 0 Å². The third-order valence-corrected chi connectivity index (χ3v) is 6.35. The lowest BCUT2D eigenvalue weighted by Gasteiger charge is -2.07. The Bertz CT molecular complexity index is 1140. The Kier molecular flexibility index (Phi) is 4.96.